The highest BCUT2D eigenvalue weighted by molar-refractivity contribution is 5.94. The molecule has 188 valence electrons. The van der Waals surface area contributed by atoms with Crippen molar-refractivity contribution in [3.63, 3.8) is 0 Å². The van der Waals surface area contributed by atoms with Crippen LogP contribution in [0.4, 0.5) is 0 Å². The van der Waals surface area contributed by atoms with E-state index in [1.54, 1.807) is 44.2 Å². The zero-order chi connectivity index (χ0) is 25.8. The number of carboxylic acids is 1. The summed E-state index contributed by atoms with van der Waals surface area (Å²) >= 11 is 0. The third-order valence-electron chi connectivity index (χ3n) is 5.42. The van der Waals surface area contributed by atoms with Gasteiger partial charge in [0.25, 0.3) is 0 Å². The van der Waals surface area contributed by atoms with E-state index in [2.05, 4.69) is 16.0 Å². The highest BCUT2D eigenvalue weighted by atomic mass is 16.4. The van der Waals surface area contributed by atoms with Crippen LogP contribution in [0.15, 0.2) is 30.3 Å². The minimum Gasteiger partial charge on any atom is -0.480 e. The predicted molar refractivity (Wildman–Crippen MR) is 125 cm³/mol. The fourth-order valence-corrected chi connectivity index (χ4v) is 3.13. The molecule has 0 radical (unpaired) electrons. The van der Waals surface area contributed by atoms with Gasteiger partial charge >= 0.3 is 5.97 Å². The van der Waals surface area contributed by atoms with Crippen molar-refractivity contribution in [2.75, 3.05) is 0 Å². The van der Waals surface area contributed by atoms with Gasteiger partial charge in [0, 0.05) is 12.8 Å². The first-order valence-corrected chi connectivity index (χ1v) is 11.2. The fraction of sp³-hybridized carbons (Fsp3) is 0.522. The van der Waals surface area contributed by atoms with Crippen molar-refractivity contribution >= 4 is 29.6 Å². The summed E-state index contributed by atoms with van der Waals surface area (Å²) in [7, 11) is 0. The van der Waals surface area contributed by atoms with Gasteiger partial charge in [0.1, 0.15) is 18.1 Å². The van der Waals surface area contributed by atoms with Crippen LogP contribution in [0.1, 0.15) is 45.6 Å². The quantitative estimate of drug-likeness (QED) is 0.206. The molecule has 11 heteroatoms. The van der Waals surface area contributed by atoms with Crippen LogP contribution in [-0.4, -0.2) is 58.9 Å². The first kappa shape index (κ1) is 28.6. The first-order valence-electron chi connectivity index (χ1n) is 11.2. The molecule has 5 atom stereocenters. The van der Waals surface area contributed by atoms with Gasteiger partial charge in [-0.2, -0.15) is 0 Å². The zero-order valence-corrected chi connectivity index (χ0v) is 19.7. The second kappa shape index (κ2) is 13.9. The maximum absolute atomic E-state index is 13.1. The molecule has 1 aromatic rings. The number of rotatable bonds is 14. The summed E-state index contributed by atoms with van der Waals surface area (Å²) in [6.45, 7) is 4.94. The molecule has 0 aliphatic rings. The molecule has 0 aliphatic carbocycles. The Morgan fingerprint density at radius 3 is 1.97 bits per heavy atom. The first-order chi connectivity index (χ1) is 16.0. The van der Waals surface area contributed by atoms with Crippen molar-refractivity contribution in [3.05, 3.63) is 35.9 Å². The van der Waals surface area contributed by atoms with Gasteiger partial charge in [0.15, 0.2) is 0 Å². The summed E-state index contributed by atoms with van der Waals surface area (Å²) in [5.74, 6) is -4.21. The molecule has 0 heterocycles. The van der Waals surface area contributed by atoms with Crippen LogP contribution in [0, 0.1) is 5.92 Å². The SMILES string of the molecule is CCC(C)C(NC(=O)C(Cc1ccccc1)NC(=O)C(CCC(N)=O)NC(=O)C(C)N)C(=O)O. The third-order valence-corrected chi connectivity index (χ3v) is 5.42. The molecule has 34 heavy (non-hydrogen) atoms. The van der Waals surface area contributed by atoms with Crippen molar-refractivity contribution in [2.24, 2.45) is 17.4 Å². The molecule has 1 aromatic carbocycles. The van der Waals surface area contributed by atoms with Crippen LogP contribution in [0.3, 0.4) is 0 Å². The number of benzene rings is 1. The Labute approximate surface area is 199 Å². The van der Waals surface area contributed by atoms with E-state index in [9.17, 15) is 29.1 Å². The number of nitrogens with one attached hydrogen (secondary N) is 3. The van der Waals surface area contributed by atoms with Crippen LogP contribution in [0.5, 0.6) is 0 Å². The second-order valence-electron chi connectivity index (χ2n) is 8.32. The normalized spacial score (nSPS) is 15.2. The Kier molecular flexibility index (Phi) is 11.7. The van der Waals surface area contributed by atoms with Crippen LogP contribution >= 0.6 is 0 Å². The van der Waals surface area contributed by atoms with Gasteiger partial charge < -0.3 is 32.5 Å². The molecule has 11 nitrogen and oxygen atoms in total. The van der Waals surface area contributed by atoms with Gasteiger partial charge in [-0.1, -0.05) is 50.6 Å². The predicted octanol–water partition coefficient (Wildman–Crippen LogP) is -0.573. The lowest BCUT2D eigenvalue weighted by molar-refractivity contribution is -0.143. The van der Waals surface area contributed by atoms with Crippen LogP contribution < -0.4 is 27.4 Å². The maximum Gasteiger partial charge on any atom is 0.326 e. The molecule has 4 amide bonds. The molecule has 1 rings (SSSR count). The average molecular weight is 478 g/mol. The molecule has 0 fully saturated rings. The van der Waals surface area contributed by atoms with Gasteiger partial charge in [-0.3, -0.25) is 19.2 Å². The van der Waals surface area contributed by atoms with Gasteiger partial charge in [-0.25, -0.2) is 4.79 Å². The van der Waals surface area contributed by atoms with Crippen LogP contribution in [0.2, 0.25) is 0 Å². The number of nitrogens with two attached hydrogens (primary N) is 2. The summed E-state index contributed by atoms with van der Waals surface area (Å²) in [6.07, 6.45) is 0.326. The van der Waals surface area contributed by atoms with E-state index >= 15 is 0 Å². The fourth-order valence-electron chi connectivity index (χ4n) is 3.13. The Bertz CT molecular complexity index is 861. The van der Waals surface area contributed by atoms with Crippen LogP contribution in [-0.2, 0) is 30.4 Å². The van der Waals surface area contributed by atoms with E-state index < -0.39 is 53.8 Å². The highest BCUT2D eigenvalue weighted by Gasteiger charge is 2.31. The standard InChI is InChI=1S/C23H35N5O6/c1-4-13(2)19(23(33)34)28-22(32)17(12-15-8-6-5-7-9-15)27-21(31)16(10-11-18(25)29)26-20(30)14(3)24/h5-9,13-14,16-17,19H,4,10-12,24H2,1-3H3,(H2,25,29)(H,26,30)(H,27,31)(H,28,32)(H,33,34). The molecule has 5 unspecified atom stereocenters. The number of hydrogen-bond acceptors (Lipinski definition) is 6. The zero-order valence-electron chi connectivity index (χ0n) is 19.7. The Morgan fingerprint density at radius 2 is 1.47 bits per heavy atom. The van der Waals surface area contributed by atoms with Crippen molar-refractivity contribution in [2.45, 2.75) is 70.6 Å². The molecule has 8 N–H and O–H groups in total. The molecule has 0 aliphatic heterocycles. The number of amides is 4. The van der Waals surface area contributed by atoms with Crippen molar-refractivity contribution in [3.8, 4) is 0 Å². The number of primary amides is 1. The monoisotopic (exact) mass is 477 g/mol. The van der Waals surface area contributed by atoms with E-state index in [0.29, 0.717) is 6.42 Å². The Balaban J connectivity index is 3.14. The summed E-state index contributed by atoms with van der Waals surface area (Å²) < 4.78 is 0. The smallest absolute Gasteiger partial charge is 0.326 e. The molecule has 0 aromatic heterocycles. The van der Waals surface area contributed by atoms with E-state index in [1.807, 2.05) is 0 Å². The molecular formula is C23H35N5O6. The van der Waals surface area contributed by atoms with E-state index in [4.69, 9.17) is 11.5 Å². The van der Waals surface area contributed by atoms with Gasteiger partial charge in [-0.15, -0.1) is 0 Å². The topological polar surface area (TPSA) is 194 Å². The number of hydrogen-bond donors (Lipinski definition) is 6. The minimum absolute atomic E-state index is 0.0784. The van der Waals surface area contributed by atoms with Crippen molar-refractivity contribution in [1.29, 1.82) is 0 Å². The maximum atomic E-state index is 13.1. The lowest BCUT2D eigenvalue weighted by Gasteiger charge is -2.26. The average Bonchev–Trinajstić information content (AvgIpc) is 2.78. The van der Waals surface area contributed by atoms with E-state index in [0.717, 1.165) is 5.56 Å². The van der Waals surface area contributed by atoms with Crippen LogP contribution in [0.25, 0.3) is 0 Å². The summed E-state index contributed by atoms with van der Waals surface area (Å²) in [5.41, 5.74) is 11.5. The Morgan fingerprint density at radius 1 is 0.912 bits per heavy atom. The Hall–Kier alpha value is -3.47. The van der Waals surface area contributed by atoms with E-state index in [1.165, 1.54) is 6.92 Å². The largest absolute Gasteiger partial charge is 0.480 e. The lowest BCUT2D eigenvalue weighted by atomic mass is 9.98. The third kappa shape index (κ3) is 9.57. The lowest BCUT2D eigenvalue weighted by Crippen LogP contribution is -2.58. The second-order valence-corrected chi connectivity index (χ2v) is 8.32. The summed E-state index contributed by atoms with van der Waals surface area (Å²) in [5, 5.41) is 17.1. The number of carbonyl (C=O) groups is 5. The summed E-state index contributed by atoms with van der Waals surface area (Å²) in [4.78, 5) is 61.0. The van der Waals surface area contributed by atoms with Crippen molar-refractivity contribution < 1.29 is 29.1 Å². The van der Waals surface area contributed by atoms with Gasteiger partial charge in [-0.05, 0) is 24.8 Å². The molecule has 0 bridgehead atoms. The minimum atomic E-state index is -1.18. The molecule has 0 saturated carbocycles. The van der Waals surface area contributed by atoms with E-state index in [-0.39, 0.29) is 25.2 Å². The number of aliphatic carboxylic acids is 1. The van der Waals surface area contributed by atoms with Gasteiger partial charge in [0.05, 0.1) is 6.04 Å². The number of carboxylic acid groups (broad SMARTS) is 1. The van der Waals surface area contributed by atoms with Gasteiger partial charge in [0.2, 0.25) is 23.6 Å². The molecule has 0 saturated heterocycles. The number of carbonyl (C=O) groups excluding carboxylic acids is 4. The van der Waals surface area contributed by atoms with Crippen molar-refractivity contribution in [1.82, 2.24) is 16.0 Å². The molecular weight excluding hydrogens is 442 g/mol. The summed E-state index contributed by atoms with van der Waals surface area (Å²) in [6, 6.07) is 4.51. The molecule has 0 spiro atoms. The highest BCUT2D eigenvalue weighted by Crippen LogP contribution is 2.10.